The molecule has 104 valence electrons. The van der Waals surface area contributed by atoms with Crippen LogP contribution in [0, 0.1) is 0 Å². The molecule has 0 aliphatic carbocycles. The first kappa shape index (κ1) is 13.9. The summed E-state index contributed by atoms with van der Waals surface area (Å²) in [7, 11) is 0. The average Bonchev–Trinajstić information content (AvgIpc) is 2.77. The lowest BCUT2D eigenvalue weighted by atomic mass is 10.1. The van der Waals surface area contributed by atoms with Gasteiger partial charge in [0, 0.05) is 30.2 Å². The Bertz CT molecular complexity index is 666. The first-order valence-corrected chi connectivity index (χ1v) is 7.70. The third-order valence-corrected chi connectivity index (χ3v) is 4.50. The Morgan fingerprint density at radius 2 is 2.20 bits per heavy atom. The van der Waals surface area contributed by atoms with E-state index in [1.807, 2.05) is 30.3 Å². The molecular formula is C15H14BrClN2O. The second-order valence-electron chi connectivity index (χ2n) is 4.86. The van der Waals surface area contributed by atoms with Gasteiger partial charge in [-0.2, -0.15) is 0 Å². The molecule has 0 bridgehead atoms. The number of hydrogen-bond donors (Lipinski definition) is 1. The molecule has 5 heteroatoms. The zero-order valence-corrected chi connectivity index (χ0v) is 13.2. The van der Waals surface area contributed by atoms with E-state index in [9.17, 15) is 4.79 Å². The summed E-state index contributed by atoms with van der Waals surface area (Å²) in [6.07, 6.45) is 1.18. The van der Waals surface area contributed by atoms with Crippen LogP contribution in [0.1, 0.15) is 21.6 Å². The SMILES string of the molecule is O=C(Cc1ccccc1Cl)n1c(Br)cc2c1CCNC2. The van der Waals surface area contributed by atoms with Crippen LogP contribution >= 0.6 is 27.5 Å². The summed E-state index contributed by atoms with van der Waals surface area (Å²) in [5, 5.41) is 3.95. The lowest BCUT2D eigenvalue weighted by Crippen LogP contribution is -2.26. The third kappa shape index (κ3) is 2.55. The number of nitrogens with zero attached hydrogens (tertiary/aromatic N) is 1. The van der Waals surface area contributed by atoms with E-state index in [1.54, 1.807) is 4.57 Å². The molecule has 3 nitrogen and oxygen atoms in total. The molecule has 2 aromatic rings. The molecule has 0 amide bonds. The summed E-state index contributed by atoms with van der Waals surface area (Å²) >= 11 is 9.62. The molecule has 0 saturated heterocycles. The first-order valence-electron chi connectivity index (χ1n) is 6.53. The molecule has 1 aliphatic rings. The van der Waals surface area contributed by atoms with Gasteiger partial charge in [-0.1, -0.05) is 29.8 Å². The van der Waals surface area contributed by atoms with Crippen LogP contribution in [-0.2, 0) is 19.4 Å². The van der Waals surface area contributed by atoms with Gasteiger partial charge in [0.15, 0.2) is 0 Å². The number of fused-ring (bicyclic) bond motifs is 1. The molecule has 0 spiro atoms. The maximum atomic E-state index is 12.6. The minimum absolute atomic E-state index is 0.0492. The van der Waals surface area contributed by atoms with E-state index >= 15 is 0 Å². The molecule has 20 heavy (non-hydrogen) atoms. The van der Waals surface area contributed by atoms with Crippen molar-refractivity contribution in [2.24, 2.45) is 0 Å². The van der Waals surface area contributed by atoms with E-state index in [0.717, 1.165) is 35.4 Å². The first-order chi connectivity index (χ1) is 9.66. The summed E-state index contributed by atoms with van der Waals surface area (Å²) in [6.45, 7) is 1.73. The minimum Gasteiger partial charge on any atom is -0.312 e. The highest BCUT2D eigenvalue weighted by molar-refractivity contribution is 9.10. The van der Waals surface area contributed by atoms with Crippen LogP contribution in [0.4, 0.5) is 0 Å². The van der Waals surface area contributed by atoms with Gasteiger partial charge in [-0.3, -0.25) is 9.36 Å². The topological polar surface area (TPSA) is 34.0 Å². The van der Waals surface area contributed by atoms with E-state index in [4.69, 9.17) is 11.6 Å². The highest BCUT2D eigenvalue weighted by atomic mass is 79.9. The van der Waals surface area contributed by atoms with Gasteiger partial charge in [-0.25, -0.2) is 0 Å². The Hall–Kier alpha value is -1.10. The Balaban J connectivity index is 1.92. The van der Waals surface area contributed by atoms with Crippen molar-refractivity contribution in [2.75, 3.05) is 6.54 Å². The molecule has 0 unspecified atom stereocenters. The number of carbonyl (C=O) groups is 1. The summed E-state index contributed by atoms with van der Waals surface area (Å²) < 4.78 is 2.60. The molecule has 0 atom stereocenters. The number of benzene rings is 1. The van der Waals surface area contributed by atoms with Gasteiger partial charge in [0.1, 0.15) is 0 Å². The van der Waals surface area contributed by atoms with Crippen LogP contribution in [0.25, 0.3) is 0 Å². The highest BCUT2D eigenvalue weighted by Crippen LogP contribution is 2.25. The standard InChI is InChI=1S/C15H14BrClN2O/c16-14-7-11-9-18-6-5-13(11)19(14)15(20)8-10-3-1-2-4-12(10)17/h1-4,7,18H,5-6,8-9H2. The fraction of sp³-hybridized carbons (Fsp3) is 0.267. The Morgan fingerprint density at radius 1 is 1.40 bits per heavy atom. The van der Waals surface area contributed by atoms with E-state index in [1.165, 1.54) is 5.56 Å². The smallest absolute Gasteiger partial charge is 0.236 e. The largest absolute Gasteiger partial charge is 0.312 e. The van der Waals surface area contributed by atoms with Crippen molar-refractivity contribution in [1.29, 1.82) is 0 Å². The lowest BCUT2D eigenvalue weighted by Gasteiger charge is -2.16. The van der Waals surface area contributed by atoms with Crippen LogP contribution in [0.15, 0.2) is 34.9 Å². The van der Waals surface area contributed by atoms with Gasteiger partial charge in [0.05, 0.1) is 11.0 Å². The molecule has 3 rings (SSSR count). The fourth-order valence-corrected chi connectivity index (χ4v) is 3.46. The summed E-state index contributed by atoms with van der Waals surface area (Å²) in [5.74, 6) is 0.0492. The average molecular weight is 354 g/mol. The number of nitrogens with one attached hydrogen (secondary N) is 1. The molecule has 0 radical (unpaired) electrons. The van der Waals surface area contributed by atoms with Crippen molar-refractivity contribution in [3.05, 3.63) is 56.8 Å². The number of hydrogen-bond acceptors (Lipinski definition) is 2. The molecular weight excluding hydrogens is 340 g/mol. The number of halogens is 2. The van der Waals surface area contributed by atoms with Gasteiger partial charge < -0.3 is 5.32 Å². The summed E-state index contributed by atoms with van der Waals surface area (Å²) in [4.78, 5) is 12.6. The van der Waals surface area contributed by atoms with E-state index in [0.29, 0.717) is 11.4 Å². The lowest BCUT2D eigenvalue weighted by molar-refractivity contribution is 0.0908. The summed E-state index contributed by atoms with van der Waals surface area (Å²) in [6, 6.07) is 9.50. The summed E-state index contributed by atoms with van der Waals surface area (Å²) in [5.41, 5.74) is 3.16. The Morgan fingerprint density at radius 3 is 3.00 bits per heavy atom. The van der Waals surface area contributed by atoms with Gasteiger partial charge in [-0.05, 0) is 39.2 Å². The van der Waals surface area contributed by atoms with E-state index < -0.39 is 0 Å². The zero-order chi connectivity index (χ0) is 14.1. The van der Waals surface area contributed by atoms with Crippen molar-refractivity contribution in [3.8, 4) is 0 Å². The van der Waals surface area contributed by atoms with Crippen molar-refractivity contribution in [2.45, 2.75) is 19.4 Å². The molecule has 1 N–H and O–H groups in total. The van der Waals surface area contributed by atoms with Gasteiger partial charge >= 0.3 is 0 Å². The van der Waals surface area contributed by atoms with Crippen molar-refractivity contribution < 1.29 is 4.79 Å². The Kier molecular flexibility index (Phi) is 3.96. The molecule has 2 heterocycles. The van der Waals surface area contributed by atoms with Crippen LogP contribution in [0.5, 0.6) is 0 Å². The molecule has 1 aromatic carbocycles. The number of carbonyl (C=O) groups excluding carboxylic acids is 1. The van der Waals surface area contributed by atoms with E-state index in [2.05, 4.69) is 21.2 Å². The van der Waals surface area contributed by atoms with Crippen LogP contribution in [0.2, 0.25) is 5.02 Å². The quantitative estimate of drug-likeness (QED) is 0.897. The second kappa shape index (κ2) is 5.72. The predicted molar refractivity (Wildman–Crippen MR) is 83.3 cm³/mol. The third-order valence-electron chi connectivity index (χ3n) is 3.55. The number of rotatable bonds is 2. The monoisotopic (exact) mass is 352 g/mol. The Labute approximate surface area is 131 Å². The van der Waals surface area contributed by atoms with Gasteiger partial charge in [0.2, 0.25) is 5.91 Å². The van der Waals surface area contributed by atoms with Gasteiger partial charge in [-0.15, -0.1) is 0 Å². The highest BCUT2D eigenvalue weighted by Gasteiger charge is 2.21. The number of aromatic nitrogens is 1. The second-order valence-corrected chi connectivity index (χ2v) is 6.08. The minimum atomic E-state index is 0.0492. The van der Waals surface area contributed by atoms with Gasteiger partial charge in [0.25, 0.3) is 0 Å². The molecule has 0 saturated carbocycles. The fourth-order valence-electron chi connectivity index (χ4n) is 2.57. The predicted octanol–water partition coefficient (Wildman–Crippen LogP) is 3.43. The zero-order valence-electron chi connectivity index (χ0n) is 10.8. The van der Waals surface area contributed by atoms with Crippen LogP contribution in [0.3, 0.4) is 0 Å². The maximum Gasteiger partial charge on any atom is 0.236 e. The maximum absolute atomic E-state index is 12.6. The molecule has 0 fully saturated rings. The van der Waals surface area contributed by atoms with Crippen molar-refractivity contribution >= 4 is 33.4 Å². The van der Waals surface area contributed by atoms with E-state index in [-0.39, 0.29) is 5.91 Å². The van der Waals surface area contributed by atoms with Crippen molar-refractivity contribution in [1.82, 2.24) is 9.88 Å². The normalized spacial score (nSPS) is 14.1. The van der Waals surface area contributed by atoms with Crippen LogP contribution in [-0.4, -0.2) is 17.0 Å². The molecule has 1 aromatic heterocycles. The van der Waals surface area contributed by atoms with Crippen molar-refractivity contribution in [3.63, 3.8) is 0 Å². The molecule has 1 aliphatic heterocycles. The van der Waals surface area contributed by atoms with Crippen LogP contribution < -0.4 is 5.32 Å².